The van der Waals surface area contributed by atoms with Gasteiger partial charge < -0.3 is 10.6 Å². The molecule has 2 unspecified atom stereocenters. The number of rotatable bonds is 5. The molecule has 0 amide bonds. The lowest BCUT2D eigenvalue weighted by atomic mass is 10.1. The molecule has 1 heterocycles. The topological polar surface area (TPSA) is 70.6 Å². The summed E-state index contributed by atoms with van der Waals surface area (Å²) >= 11 is 0. The highest BCUT2D eigenvalue weighted by molar-refractivity contribution is 7.91. The molecule has 0 aromatic heterocycles. The molecule has 2 fully saturated rings. The molecule has 1 aromatic rings. The minimum atomic E-state index is -2.94. The predicted molar refractivity (Wildman–Crippen MR) is 102 cm³/mol. The highest BCUT2D eigenvalue weighted by atomic mass is 32.2. The van der Waals surface area contributed by atoms with Crippen LogP contribution in [-0.2, 0) is 9.84 Å². The summed E-state index contributed by atoms with van der Waals surface area (Å²) in [4.78, 5) is 4.58. The van der Waals surface area contributed by atoms with Gasteiger partial charge in [0.2, 0.25) is 0 Å². The zero-order valence-electron chi connectivity index (χ0n) is 15.5. The van der Waals surface area contributed by atoms with Gasteiger partial charge in [-0.2, -0.15) is 0 Å². The first-order chi connectivity index (χ1) is 12.8. The lowest BCUT2D eigenvalue weighted by Gasteiger charge is -2.22. The Bertz CT molecular complexity index is 792. The van der Waals surface area contributed by atoms with E-state index in [2.05, 4.69) is 15.6 Å². The first kappa shape index (κ1) is 20.0. The van der Waals surface area contributed by atoms with Gasteiger partial charge in [-0.3, -0.25) is 4.99 Å². The second-order valence-corrected chi connectivity index (χ2v) is 9.84. The summed E-state index contributed by atoms with van der Waals surface area (Å²) < 4.78 is 50.5. The molecule has 0 radical (unpaired) electrons. The molecule has 0 bridgehead atoms. The van der Waals surface area contributed by atoms with Crippen LogP contribution in [0.1, 0.15) is 50.6 Å². The summed E-state index contributed by atoms with van der Waals surface area (Å²) in [6.45, 7) is 2.21. The SMILES string of the molecule is CC(NC(=NCC1CCS(=O)(=O)C1)NC1CCCC1)c1ccc(F)cc1F. The number of guanidine groups is 1. The Morgan fingerprint density at radius 1 is 1.26 bits per heavy atom. The Morgan fingerprint density at radius 3 is 2.63 bits per heavy atom. The molecule has 3 rings (SSSR count). The third-order valence-electron chi connectivity index (χ3n) is 5.31. The maximum Gasteiger partial charge on any atom is 0.191 e. The van der Waals surface area contributed by atoms with Crippen molar-refractivity contribution in [2.24, 2.45) is 10.9 Å². The molecule has 8 heteroatoms. The summed E-state index contributed by atoms with van der Waals surface area (Å²) in [5, 5.41) is 6.58. The van der Waals surface area contributed by atoms with E-state index < -0.39 is 27.5 Å². The van der Waals surface area contributed by atoms with Crippen molar-refractivity contribution >= 4 is 15.8 Å². The maximum atomic E-state index is 14.1. The normalized spacial score (nSPS) is 24.1. The van der Waals surface area contributed by atoms with E-state index in [0.29, 0.717) is 30.5 Å². The van der Waals surface area contributed by atoms with Crippen molar-refractivity contribution < 1.29 is 17.2 Å². The molecular weight excluding hydrogens is 372 g/mol. The van der Waals surface area contributed by atoms with Crippen molar-refractivity contribution in [3.8, 4) is 0 Å². The average molecular weight is 400 g/mol. The molecule has 0 spiro atoms. The lowest BCUT2D eigenvalue weighted by Crippen LogP contribution is -2.43. The fraction of sp³-hybridized carbons (Fsp3) is 0.632. The summed E-state index contributed by atoms with van der Waals surface area (Å²) in [6, 6.07) is 3.46. The highest BCUT2D eigenvalue weighted by Crippen LogP contribution is 2.21. The number of aliphatic imine (C=N–C) groups is 1. The number of halogens is 2. The van der Waals surface area contributed by atoms with E-state index in [-0.39, 0.29) is 17.4 Å². The van der Waals surface area contributed by atoms with Crippen molar-refractivity contribution in [1.82, 2.24) is 10.6 Å². The zero-order chi connectivity index (χ0) is 19.4. The van der Waals surface area contributed by atoms with Gasteiger partial charge in [-0.25, -0.2) is 17.2 Å². The van der Waals surface area contributed by atoms with Crippen LogP contribution in [0.3, 0.4) is 0 Å². The minimum Gasteiger partial charge on any atom is -0.354 e. The number of nitrogens with one attached hydrogen (secondary N) is 2. The zero-order valence-corrected chi connectivity index (χ0v) is 16.4. The van der Waals surface area contributed by atoms with Crippen LogP contribution in [-0.4, -0.2) is 38.5 Å². The van der Waals surface area contributed by atoms with Crippen LogP contribution in [0.15, 0.2) is 23.2 Å². The van der Waals surface area contributed by atoms with E-state index in [9.17, 15) is 17.2 Å². The number of hydrogen-bond donors (Lipinski definition) is 2. The fourth-order valence-electron chi connectivity index (χ4n) is 3.77. The van der Waals surface area contributed by atoms with Crippen molar-refractivity contribution in [2.75, 3.05) is 18.1 Å². The lowest BCUT2D eigenvalue weighted by molar-refractivity contribution is 0.541. The first-order valence-electron chi connectivity index (χ1n) is 9.55. The average Bonchev–Trinajstić information content (AvgIpc) is 3.21. The molecule has 2 atom stereocenters. The molecule has 1 saturated carbocycles. The highest BCUT2D eigenvalue weighted by Gasteiger charge is 2.28. The second-order valence-electron chi connectivity index (χ2n) is 7.62. The van der Waals surface area contributed by atoms with Gasteiger partial charge >= 0.3 is 0 Å². The van der Waals surface area contributed by atoms with Crippen LogP contribution in [0, 0.1) is 17.6 Å². The van der Waals surface area contributed by atoms with Crippen LogP contribution in [0.4, 0.5) is 8.78 Å². The van der Waals surface area contributed by atoms with Crippen molar-refractivity contribution in [2.45, 2.75) is 51.1 Å². The second kappa shape index (κ2) is 8.54. The van der Waals surface area contributed by atoms with Crippen molar-refractivity contribution in [3.63, 3.8) is 0 Å². The molecule has 2 aliphatic rings. The first-order valence-corrected chi connectivity index (χ1v) is 11.4. The van der Waals surface area contributed by atoms with Crippen LogP contribution >= 0.6 is 0 Å². The fourth-order valence-corrected chi connectivity index (χ4v) is 5.62. The van der Waals surface area contributed by atoms with E-state index in [1.54, 1.807) is 6.92 Å². The van der Waals surface area contributed by atoms with E-state index in [0.717, 1.165) is 31.7 Å². The molecular formula is C19H27F2N3O2S. The molecule has 1 saturated heterocycles. The van der Waals surface area contributed by atoms with Crippen LogP contribution in [0.25, 0.3) is 0 Å². The minimum absolute atomic E-state index is 0.0232. The maximum absolute atomic E-state index is 14.1. The van der Waals surface area contributed by atoms with E-state index in [1.165, 1.54) is 12.1 Å². The van der Waals surface area contributed by atoms with Crippen molar-refractivity contribution in [3.05, 3.63) is 35.4 Å². The third kappa shape index (κ3) is 5.64. The standard InChI is InChI=1S/C19H27F2N3O2S/c1-13(17-7-6-15(20)10-18(17)21)23-19(24-16-4-2-3-5-16)22-11-14-8-9-27(25,26)12-14/h6-7,10,13-14,16H,2-5,8-9,11-12H2,1H3,(H2,22,23,24). The molecule has 5 nitrogen and oxygen atoms in total. The Balaban J connectivity index is 1.69. The largest absolute Gasteiger partial charge is 0.354 e. The monoisotopic (exact) mass is 399 g/mol. The van der Waals surface area contributed by atoms with Crippen molar-refractivity contribution in [1.29, 1.82) is 0 Å². The molecule has 150 valence electrons. The number of nitrogens with zero attached hydrogens (tertiary/aromatic N) is 1. The summed E-state index contributed by atoms with van der Waals surface area (Å²) in [5.41, 5.74) is 0.362. The van der Waals surface area contributed by atoms with Gasteiger partial charge in [0.05, 0.1) is 17.5 Å². The predicted octanol–water partition coefficient (Wildman–Crippen LogP) is 2.94. The van der Waals surface area contributed by atoms with Gasteiger partial charge in [0.1, 0.15) is 11.6 Å². The van der Waals surface area contributed by atoms with Crippen LogP contribution in [0.2, 0.25) is 0 Å². The van der Waals surface area contributed by atoms with E-state index in [1.807, 2.05) is 0 Å². The van der Waals surface area contributed by atoms with Gasteiger partial charge in [-0.1, -0.05) is 18.9 Å². The quantitative estimate of drug-likeness (QED) is 0.590. The molecule has 1 aliphatic carbocycles. The van der Waals surface area contributed by atoms with Crippen LogP contribution in [0.5, 0.6) is 0 Å². The van der Waals surface area contributed by atoms with Gasteiger partial charge in [0.15, 0.2) is 15.8 Å². The van der Waals surface area contributed by atoms with Gasteiger partial charge in [0.25, 0.3) is 0 Å². The summed E-state index contributed by atoms with van der Waals surface area (Å²) in [7, 11) is -2.94. The smallest absolute Gasteiger partial charge is 0.191 e. The van der Waals surface area contributed by atoms with Crippen LogP contribution < -0.4 is 10.6 Å². The molecule has 1 aliphatic heterocycles. The number of sulfone groups is 1. The Morgan fingerprint density at radius 2 is 2.00 bits per heavy atom. The van der Waals surface area contributed by atoms with Gasteiger partial charge in [-0.05, 0) is 38.2 Å². The van der Waals surface area contributed by atoms with E-state index >= 15 is 0 Å². The van der Waals surface area contributed by atoms with Gasteiger partial charge in [0, 0.05) is 24.2 Å². The Kier molecular flexibility index (Phi) is 6.34. The number of hydrogen-bond acceptors (Lipinski definition) is 3. The van der Waals surface area contributed by atoms with E-state index in [4.69, 9.17) is 0 Å². The molecule has 2 N–H and O–H groups in total. The third-order valence-corrected chi connectivity index (χ3v) is 7.15. The molecule has 27 heavy (non-hydrogen) atoms. The summed E-state index contributed by atoms with van der Waals surface area (Å²) in [5.74, 6) is -0.225. The Labute approximate surface area is 159 Å². The summed E-state index contributed by atoms with van der Waals surface area (Å²) in [6.07, 6.45) is 5.06. The Hall–Kier alpha value is -1.70. The van der Waals surface area contributed by atoms with Gasteiger partial charge in [-0.15, -0.1) is 0 Å². The molecule has 1 aromatic carbocycles. The number of benzene rings is 1.